The quantitative estimate of drug-likeness (QED) is 0.665. The maximum absolute atomic E-state index is 13.0. The molecule has 0 N–H and O–H groups in total. The lowest BCUT2D eigenvalue weighted by Gasteiger charge is -2.25. The van der Waals surface area contributed by atoms with Gasteiger partial charge >= 0.3 is 0 Å². The van der Waals surface area contributed by atoms with E-state index in [1.165, 1.54) is 34.9 Å². The zero-order valence-corrected chi connectivity index (χ0v) is 15.3. The fourth-order valence-electron chi connectivity index (χ4n) is 2.59. The van der Waals surface area contributed by atoms with Crippen molar-refractivity contribution in [2.24, 2.45) is 0 Å². The van der Waals surface area contributed by atoms with Crippen LogP contribution in [0.15, 0.2) is 61.2 Å². The second-order valence-corrected chi connectivity index (χ2v) is 8.03. The minimum Gasteiger partial charge on any atom is -0.223 e. The van der Waals surface area contributed by atoms with Crippen LogP contribution < -0.4 is 0 Å². The Bertz CT molecular complexity index is 955. The molecule has 0 spiro atoms. The predicted molar refractivity (Wildman–Crippen MR) is 96.6 cm³/mol. The number of hydrogen-bond donors (Lipinski definition) is 0. The molecule has 0 amide bonds. The van der Waals surface area contributed by atoms with Crippen molar-refractivity contribution >= 4 is 10.0 Å². The summed E-state index contributed by atoms with van der Waals surface area (Å²) in [4.78, 5) is 3.90. The van der Waals surface area contributed by atoms with Crippen LogP contribution in [0.3, 0.4) is 0 Å². The van der Waals surface area contributed by atoms with Crippen LogP contribution in [0.2, 0.25) is 0 Å². The number of nitrogens with zero attached hydrogens (tertiary/aromatic N) is 4. The van der Waals surface area contributed by atoms with E-state index in [2.05, 4.69) is 10.1 Å². The molecule has 1 atom stereocenters. The van der Waals surface area contributed by atoms with Gasteiger partial charge in [0.1, 0.15) is 18.5 Å². The maximum Gasteiger partial charge on any atom is 0.218 e. The molecule has 0 radical (unpaired) electrons. The van der Waals surface area contributed by atoms with Gasteiger partial charge in [-0.3, -0.25) is 0 Å². The first-order chi connectivity index (χ1) is 12.4. The van der Waals surface area contributed by atoms with Gasteiger partial charge in [0.25, 0.3) is 0 Å². The molecule has 1 aromatic heterocycles. The normalized spacial score (nSPS) is 13.1. The van der Waals surface area contributed by atoms with Crippen LogP contribution in [0.5, 0.6) is 0 Å². The summed E-state index contributed by atoms with van der Waals surface area (Å²) in [5.74, 6) is -0.564. The largest absolute Gasteiger partial charge is 0.223 e. The van der Waals surface area contributed by atoms with E-state index in [9.17, 15) is 12.8 Å². The van der Waals surface area contributed by atoms with Crippen molar-refractivity contribution in [3.63, 3.8) is 0 Å². The Morgan fingerprint density at radius 2 is 1.77 bits per heavy atom. The van der Waals surface area contributed by atoms with Gasteiger partial charge in [-0.2, -0.15) is 9.40 Å². The highest BCUT2D eigenvalue weighted by Crippen LogP contribution is 2.24. The van der Waals surface area contributed by atoms with Gasteiger partial charge < -0.3 is 0 Å². The minimum absolute atomic E-state index is 0.175. The van der Waals surface area contributed by atoms with Crippen LogP contribution in [0.4, 0.5) is 4.39 Å². The highest BCUT2D eigenvalue weighted by atomic mass is 32.2. The van der Waals surface area contributed by atoms with E-state index in [0.29, 0.717) is 5.56 Å². The second kappa shape index (κ2) is 7.35. The fraction of sp³-hybridized carbons (Fsp3) is 0.222. The van der Waals surface area contributed by atoms with Crippen molar-refractivity contribution in [2.45, 2.75) is 18.7 Å². The molecular formula is C18H19FN4O2S. The van der Waals surface area contributed by atoms with Crippen molar-refractivity contribution in [3.8, 4) is 5.69 Å². The zero-order chi connectivity index (χ0) is 18.7. The zero-order valence-electron chi connectivity index (χ0n) is 14.4. The van der Waals surface area contributed by atoms with Crippen molar-refractivity contribution in [3.05, 3.63) is 78.1 Å². The molecule has 2 aromatic carbocycles. The summed E-state index contributed by atoms with van der Waals surface area (Å²) in [6, 6.07) is 12.6. The lowest BCUT2D eigenvalue weighted by Crippen LogP contribution is -2.30. The van der Waals surface area contributed by atoms with Gasteiger partial charge in [-0.05, 0) is 42.3 Å². The van der Waals surface area contributed by atoms with Crippen molar-refractivity contribution in [1.29, 1.82) is 0 Å². The van der Waals surface area contributed by atoms with Crippen LogP contribution >= 0.6 is 0 Å². The van der Waals surface area contributed by atoms with Crippen LogP contribution in [-0.2, 0) is 15.8 Å². The van der Waals surface area contributed by atoms with Gasteiger partial charge in [0.15, 0.2) is 0 Å². The molecule has 3 aromatic rings. The third kappa shape index (κ3) is 3.97. The van der Waals surface area contributed by atoms with E-state index >= 15 is 0 Å². The monoisotopic (exact) mass is 374 g/mol. The number of rotatable bonds is 6. The average Bonchev–Trinajstić information content (AvgIpc) is 3.17. The summed E-state index contributed by atoms with van der Waals surface area (Å²) >= 11 is 0. The number of halogens is 1. The SMILES string of the molecule is C[C@@H](c1ccc(-n2cncn2)cc1)N(C)S(=O)(=O)Cc1ccc(F)cc1. The van der Waals surface area contributed by atoms with Crippen LogP contribution in [-0.4, -0.2) is 34.5 Å². The molecule has 0 saturated heterocycles. The van der Waals surface area contributed by atoms with Crippen LogP contribution in [0, 0.1) is 5.82 Å². The Morgan fingerprint density at radius 1 is 1.12 bits per heavy atom. The minimum atomic E-state index is -3.54. The molecule has 0 bridgehead atoms. The van der Waals surface area contributed by atoms with Crippen molar-refractivity contribution in [1.82, 2.24) is 19.1 Å². The van der Waals surface area contributed by atoms with E-state index in [1.807, 2.05) is 31.2 Å². The summed E-state index contributed by atoms with van der Waals surface area (Å²) in [6.07, 6.45) is 3.05. The Kier molecular flexibility index (Phi) is 5.15. The smallest absolute Gasteiger partial charge is 0.218 e. The number of aromatic nitrogens is 3. The van der Waals surface area contributed by atoms with Gasteiger partial charge in [0.2, 0.25) is 10.0 Å². The Morgan fingerprint density at radius 3 is 2.35 bits per heavy atom. The van der Waals surface area contributed by atoms with Gasteiger partial charge in [0.05, 0.1) is 11.4 Å². The molecule has 136 valence electrons. The van der Waals surface area contributed by atoms with E-state index in [1.54, 1.807) is 18.1 Å². The summed E-state index contributed by atoms with van der Waals surface area (Å²) < 4.78 is 41.3. The van der Waals surface area contributed by atoms with E-state index in [4.69, 9.17) is 0 Å². The third-order valence-electron chi connectivity index (χ3n) is 4.31. The second-order valence-electron chi connectivity index (χ2n) is 6.01. The van der Waals surface area contributed by atoms with Crippen LogP contribution in [0.25, 0.3) is 5.69 Å². The number of sulfonamides is 1. The molecule has 0 aliphatic carbocycles. The lowest BCUT2D eigenvalue weighted by molar-refractivity contribution is 0.398. The first-order valence-electron chi connectivity index (χ1n) is 8.02. The Balaban J connectivity index is 1.75. The van der Waals surface area contributed by atoms with Crippen LogP contribution in [0.1, 0.15) is 24.1 Å². The number of hydrogen-bond acceptors (Lipinski definition) is 4. The fourth-order valence-corrected chi connectivity index (χ4v) is 4.01. The molecule has 3 rings (SSSR count). The van der Waals surface area contributed by atoms with Gasteiger partial charge in [0, 0.05) is 13.1 Å². The lowest BCUT2D eigenvalue weighted by atomic mass is 10.1. The van der Waals surface area contributed by atoms with Gasteiger partial charge in [-0.1, -0.05) is 24.3 Å². The highest BCUT2D eigenvalue weighted by Gasteiger charge is 2.24. The third-order valence-corrected chi connectivity index (χ3v) is 6.20. The maximum atomic E-state index is 13.0. The predicted octanol–water partition coefficient (Wildman–Crippen LogP) is 2.93. The van der Waals surface area contributed by atoms with Crippen molar-refractivity contribution < 1.29 is 12.8 Å². The Hall–Kier alpha value is -2.58. The Labute approximate surface area is 152 Å². The first-order valence-corrected chi connectivity index (χ1v) is 9.63. The van der Waals surface area contributed by atoms with Crippen molar-refractivity contribution in [2.75, 3.05) is 7.05 Å². The molecule has 0 saturated carbocycles. The standard InChI is InChI=1S/C18H19FN4O2S/c1-14(16-5-9-18(10-6-16)23-13-20-12-21-23)22(2)26(24,25)11-15-3-7-17(19)8-4-15/h3-10,12-14H,11H2,1-2H3/t14-/m0/s1. The molecular weight excluding hydrogens is 355 g/mol. The van der Waals surface area contributed by atoms with Gasteiger partial charge in [-0.15, -0.1) is 0 Å². The number of benzene rings is 2. The summed E-state index contributed by atoms with van der Waals surface area (Å²) in [5.41, 5.74) is 2.25. The first kappa shape index (κ1) is 18.2. The highest BCUT2D eigenvalue weighted by molar-refractivity contribution is 7.88. The van der Waals surface area contributed by atoms with E-state index < -0.39 is 10.0 Å². The molecule has 0 aliphatic heterocycles. The summed E-state index contributed by atoms with van der Waals surface area (Å²) in [5, 5.41) is 4.06. The average molecular weight is 374 g/mol. The molecule has 0 unspecified atom stereocenters. The molecule has 0 aliphatic rings. The molecule has 26 heavy (non-hydrogen) atoms. The molecule has 0 fully saturated rings. The topological polar surface area (TPSA) is 68.1 Å². The summed E-state index contributed by atoms with van der Waals surface area (Å²) in [6.45, 7) is 1.83. The molecule has 1 heterocycles. The van der Waals surface area contributed by atoms with E-state index in [0.717, 1.165) is 11.3 Å². The van der Waals surface area contributed by atoms with E-state index in [-0.39, 0.29) is 17.6 Å². The summed E-state index contributed by atoms with van der Waals surface area (Å²) in [7, 11) is -1.99. The van der Waals surface area contributed by atoms with Gasteiger partial charge in [-0.25, -0.2) is 22.5 Å². The molecule has 8 heteroatoms. The molecule has 6 nitrogen and oxygen atoms in total.